The molecule has 2 aromatic rings. The number of halogens is 1. The van der Waals surface area contributed by atoms with Crippen LogP contribution in [0.4, 0.5) is 0 Å². The van der Waals surface area contributed by atoms with Crippen molar-refractivity contribution < 1.29 is 9.53 Å². The molecule has 0 saturated heterocycles. The third kappa shape index (κ3) is 4.38. The van der Waals surface area contributed by atoms with Crippen LogP contribution < -0.4 is 4.46 Å². The first-order valence-corrected chi connectivity index (χ1v) is 11.7. The molecule has 5 heteroatoms. The molecule has 1 aliphatic heterocycles. The zero-order chi connectivity index (χ0) is 18.7. The minimum atomic E-state index is -0.325. The Labute approximate surface area is 173 Å². The Balaban J connectivity index is 1.82. The van der Waals surface area contributed by atoms with Crippen LogP contribution >= 0.6 is 27.7 Å². The summed E-state index contributed by atoms with van der Waals surface area (Å²) in [6, 6.07) is 11.7. The van der Waals surface area contributed by atoms with Crippen LogP contribution in [0.3, 0.4) is 0 Å². The molecule has 0 amide bonds. The second kappa shape index (κ2) is 8.23. The van der Waals surface area contributed by atoms with Gasteiger partial charge in [-0.25, -0.2) is 0 Å². The number of rotatable bonds is 2. The Bertz CT molecular complexity index is 895. The molecule has 3 rings (SSSR count). The summed E-state index contributed by atoms with van der Waals surface area (Å²) >= 11 is 5.70. The average molecular weight is 494 g/mol. The molecular formula is C21H19BrO2SSe. The predicted octanol–water partition coefficient (Wildman–Crippen LogP) is 4.35. The third-order valence-corrected chi connectivity index (χ3v) is 7.84. The van der Waals surface area contributed by atoms with E-state index in [0.29, 0.717) is 5.56 Å². The Kier molecular flexibility index (Phi) is 6.20. The van der Waals surface area contributed by atoms with Gasteiger partial charge in [0.1, 0.15) is 0 Å². The van der Waals surface area contributed by atoms with Crippen LogP contribution in [0.5, 0.6) is 0 Å². The Morgan fingerprint density at radius 3 is 2.69 bits per heavy atom. The van der Waals surface area contributed by atoms with Gasteiger partial charge in [-0.15, -0.1) is 0 Å². The van der Waals surface area contributed by atoms with Gasteiger partial charge in [-0.05, 0) is 0 Å². The third-order valence-electron chi connectivity index (χ3n) is 4.38. The number of ether oxygens (including phenoxy) is 1. The van der Waals surface area contributed by atoms with E-state index in [1.807, 2.05) is 23.9 Å². The van der Waals surface area contributed by atoms with Crippen LogP contribution in [-0.4, -0.2) is 33.8 Å². The van der Waals surface area contributed by atoms with Gasteiger partial charge in [-0.1, -0.05) is 0 Å². The second-order valence-electron chi connectivity index (χ2n) is 6.66. The van der Waals surface area contributed by atoms with E-state index in [-0.39, 0.29) is 26.3 Å². The summed E-state index contributed by atoms with van der Waals surface area (Å²) in [4.78, 5) is 16.2. The summed E-state index contributed by atoms with van der Waals surface area (Å²) in [5.41, 5.74) is 3.11. The zero-order valence-electron chi connectivity index (χ0n) is 14.9. The van der Waals surface area contributed by atoms with Gasteiger partial charge in [0, 0.05) is 0 Å². The molecule has 0 fully saturated rings. The number of fused-ring (bicyclic) bond motifs is 1. The molecule has 0 aromatic heterocycles. The quantitative estimate of drug-likeness (QED) is 0.353. The van der Waals surface area contributed by atoms with Crippen LogP contribution in [0.2, 0.25) is 0 Å². The van der Waals surface area contributed by atoms with Gasteiger partial charge in [0.25, 0.3) is 0 Å². The van der Waals surface area contributed by atoms with E-state index in [1.54, 1.807) is 12.1 Å². The molecule has 0 aliphatic carbocycles. The van der Waals surface area contributed by atoms with Crippen molar-refractivity contribution in [1.29, 1.82) is 0 Å². The van der Waals surface area contributed by atoms with Crippen LogP contribution in [0.15, 0.2) is 45.8 Å². The SMILES string of the molecule is COC(=O)c1ccc(C#C[Se]c2cc(Br)cc3c2SCCC3(C)C)cc1. The van der Waals surface area contributed by atoms with Crippen molar-refractivity contribution >= 4 is 53.1 Å². The molecule has 1 aliphatic rings. The van der Waals surface area contributed by atoms with Crippen molar-refractivity contribution in [3.63, 3.8) is 0 Å². The van der Waals surface area contributed by atoms with Crippen molar-refractivity contribution in [2.45, 2.75) is 30.6 Å². The summed E-state index contributed by atoms with van der Waals surface area (Å²) in [6.45, 7) is 4.65. The van der Waals surface area contributed by atoms with Crippen molar-refractivity contribution in [2.75, 3.05) is 12.9 Å². The number of hydrogen-bond donors (Lipinski definition) is 0. The molecule has 0 saturated carbocycles. The second-order valence-corrected chi connectivity index (χ2v) is 10.5. The molecule has 26 heavy (non-hydrogen) atoms. The molecule has 2 nitrogen and oxygen atoms in total. The number of carbonyl (C=O) groups is 1. The maximum absolute atomic E-state index is 11.5. The van der Waals surface area contributed by atoms with Crippen molar-refractivity contribution in [3.8, 4) is 10.7 Å². The molecule has 0 radical (unpaired) electrons. The molecule has 0 spiro atoms. The summed E-state index contributed by atoms with van der Waals surface area (Å²) in [6.07, 6.45) is 1.20. The van der Waals surface area contributed by atoms with Crippen molar-refractivity contribution in [2.24, 2.45) is 0 Å². The van der Waals surface area contributed by atoms with E-state index in [0.717, 1.165) is 15.8 Å². The zero-order valence-corrected chi connectivity index (χ0v) is 19.0. The standard InChI is InChI=1S/C21H19BrO2SSe/c1-21(2)9-10-25-19-17(21)12-16(22)13-18(19)26-11-8-14-4-6-15(7-5-14)20(23)24-3/h4-7,12-13H,9-10H2,1-3H3. The van der Waals surface area contributed by atoms with E-state index >= 15 is 0 Å². The first-order chi connectivity index (χ1) is 12.4. The van der Waals surface area contributed by atoms with Gasteiger partial charge in [0.05, 0.1) is 0 Å². The number of benzene rings is 2. The Morgan fingerprint density at radius 2 is 2.00 bits per heavy atom. The van der Waals surface area contributed by atoms with Gasteiger partial charge in [0.2, 0.25) is 0 Å². The van der Waals surface area contributed by atoms with Gasteiger partial charge in [0.15, 0.2) is 0 Å². The van der Waals surface area contributed by atoms with Crippen LogP contribution in [0.25, 0.3) is 0 Å². The summed E-state index contributed by atoms with van der Waals surface area (Å²) in [7, 11) is 1.39. The van der Waals surface area contributed by atoms with E-state index in [1.165, 1.54) is 28.5 Å². The van der Waals surface area contributed by atoms with Crippen LogP contribution in [0.1, 0.15) is 41.8 Å². The van der Waals surface area contributed by atoms with Crippen molar-refractivity contribution in [3.05, 3.63) is 57.6 Å². The van der Waals surface area contributed by atoms with E-state index < -0.39 is 0 Å². The molecule has 2 aromatic carbocycles. The fraction of sp³-hybridized carbons (Fsp3) is 0.286. The Hall–Kier alpha value is -1.18. The van der Waals surface area contributed by atoms with Gasteiger partial charge in [-0.2, -0.15) is 0 Å². The van der Waals surface area contributed by atoms with E-state index in [2.05, 4.69) is 52.6 Å². The first kappa shape index (κ1) is 19.6. The molecule has 1 heterocycles. The van der Waals surface area contributed by atoms with E-state index in [4.69, 9.17) is 4.74 Å². The maximum atomic E-state index is 11.5. The number of methoxy groups -OCH3 is 1. The molecule has 0 N–H and O–H groups in total. The average Bonchev–Trinajstić information content (AvgIpc) is 2.62. The number of thioether (sulfide) groups is 1. The minimum absolute atomic E-state index is 0.0787. The predicted molar refractivity (Wildman–Crippen MR) is 113 cm³/mol. The monoisotopic (exact) mass is 494 g/mol. The van der Waals surface area contributed by atoms with Crippen LogP contribution in [0, 0.1) is 10.7 Å². The van der Waals surface area contributed by atoms with Crippen LogP contribution in [-0.2, 0) is 10.2 Å². The first-order valence-electron chi connectivity index (χ1n) is 8.24. The normalized spacial score (nSPS) is 14.8. The van der Waals surface area contributed by atoms with Gasteiger partial charge >= 0.3 is 174 Å². The Morgan fingerprint density at radius 1 is 1.27 bits per heavy atom. The molecule has 0 bridgehead atoms. The number of hydrogen-bond acceptors (Lipinski definition) is 3. The van der Waals surface area contributed by atoms with Gasteiger partial charge < -0.3 is 0 Å². The summed E-state index contributed by atoms with van der Waals surface area (Å²) in [5, 5.41) is 0. The molecular weight excluding hydrogens is 475 g/mol. The van der Waals surface area contributed by atoms with Crippen molar-refractivity contribution in [1.82, 2.24) is 0 Å². The summed E-state index contributed by atoms with van der Waals surface area (Å²) < 4.78 is 7.20. The molecule has 0 atom stereocenters. The summed E-state index contributed by atoms with van der Waals surface area (Å²) in [5.74, 6) is 4.06. The fourth-order valence-electron chi connectivity index (χ4n) is 2.79. The number of carbonyl (C=O) groups excluding carboxylic acids is 1. The molecule has 0 unspecified atom stereocenters. The van der Waals surface area contributed by atoms with Gasteiger partial charge in [-0.3, -0.25) is 0 Å². The number of esters is 1. The topological polar surface area (TPSA) is 26.3 Å². The fourth-order valence-corrected chi connectivity index (χ4v) is 7.08. The molecule has 134 valence electrons. The van der Waals surface area contributed by atoms with E-state index in [9.17, 15) is 4.79 Å².